The van der Waals surface area contributed by atoms with E-state index in [1.165, 1.54) is 25.2 Å². The number of rotatable bonds is 13. The summed E-state index contributed by atoms with van der Waals surface area (Å²) in [6, 6.07) is 17.6. The molecule has 0 aliphatic carbocycles. The Bertz CT molecular complexity index is 1480. The van der Waals surface area contributed by atoms with E-state index in [0.29, 0.717) is 21.4 Å². The van der Waals surface area contributed by atoms with Crippen molar-refractivity contribution >= 4 is 50.7 Å². The maximum Gasteiger partial charge on any atom is 0.244 e. The van der Waals surface area contributed by atoms with Crippen LogP contribution in [0.4, 0.5) is 5.69 Å². The van der Waals surface area contributed by atoms with Gasteiger partial charge in [-0.1, -0.05) is 59.6 Å². The molecule has 0 aliphatic heterocycles. The molecule has 0 bridgehead atoms. The standard InChI is InChI=1S/C30H35Cl2N3O6S/c1-20(2)33-30(37)27(16-21-10-7-6-8-11-21)34(18-23-24(31)12-9-13-25(23)32)29(36)19-35(42(5,38)39)26-17-22(40-3)14-15-28(26)41-4/h6-15,17,20,27H,16,18-19H2,1-5H3,(H,33,37)/t27-/m1/s1. The fraction of sp³-hybridized carbons (Fsp3) is 0.333. The summed E-state index contributed by atoms with van der Waals surface area (Å²) >= 11 is 13.0. The number of nitrogens with zero attached hydrogens (tertiary/aromatic N) is 2. The summed E-state index contributed by atoms with van der Waals surface area (Å²) in [6.07, 6.45) is 1.15. The van der Waals surface area contributed by atoms with Crippen molar-refractivity contribution in [1.82, 2.24) is 10.2 Å². The first-order valence-electron chi connectivity index (χ1n) is 13.1. The van der Waals surface area contributed by atoms with Crippen molar-refractivity contribution in [3.05, 3.63) is 87.9 Å². The smallest absolute Gasteiger partial charge is 0.244 e. The Kier molecular flexibility index (Phi) is 11.5. The topological polar surface area (TPSA) is 105 Å². The third kappa shape index (κ3) is 8.53. The maximum absolute atomic E-state index is 14.3. The second-order valence-corrected chi connectivity index (χ2v) is 12.6. The summed E-state index contributed by atoms with van der Waals surface area (Å²) in [6.45, 7) is 2.85. The molecule has 2 amide bonds. The molecule has 3 aromatic rings. The number of nitrogens with one attached hydrogen (secondary N) is 1. The number of benzene rings is 3. The van der Waals surface area contributed by atoms with Crippen molar-refractivity contribution < 1.29 is 27.5 Å². The van der Waals surface area contributed by atoms with Gasteiger partial charge in [0, 0.05) is 40.7 Å². The highest BCUT2D eigenvalue weighted by Crippen LogP contribution is 2.34. The molecular weight excluding hydrogens is 601 g/mol. The molecule has 0 spiro atoms. The van der Waals surface area contributed by atoms with E-state index in [1.54, 1.807) is 30.3 Å². The quantitative estimate of drug-likeness (QED) is 0.285. The molecule has 3 aromatic carbocycles. The number of carbonyl (C=O) groups excluding carboxylic acids is 2. The summed E-state index contributed by atoms with van der Waals surface area (Å²) < 4.78 is 37.8. The van der Waals surface area contributed by atoms with Crippen LogP contribution >= 0.6 is 23.2 Å². The highest BCUT2D eigenvalue weighted by atomic mass is 35.5. The number of sulfonamides is 1. The van der Waals surface area contributed by atoms with Crippen LogP contribution in [0.25, 0.3) is 0 Å². The van der Waals surface area contributed by atoms with E-state index in [1.807, 2.05) is 44.2 Å². The molecule has 1 N–H and O–H groups in total. The predicted octanol–water partition coefficient (Wildman–Crippen LogP) is 4.94. The van der Waals surface area contributed by atoms with E-state index < -0.39 is 34.4 Å². The number of carbonyl (C=O) groups is 2. The first kappa shape index (κ1) is 33.0. The highest BCUT2D eigenvalue weighted by molar-refractivity contribution is 7.92. The van der Waals surface area contributed by atoms with E-state index in [9.17, 15) is 18.0 Å². The van der Waals surface area contributed by atoms with Crippen LogP contribution in [-0.4, -0.2) is 64.2 Å². The number of anilines is 1. The average Bonchev–Trinajstić information content (AvgIpc) is 2.94. The minimum atomic E-state index is -4.02. The molecule has 0 aliphatic rings. The van der Waals surface area contributed by atoms with Crippen molar-refractivity contribution in [3.63, 3.8) is 0 Å². The van der Waals surface area contributed by atoms with Crippen molar-refractivity contribution in [3.8, 4) is 11.5 Å². The molecule has 12 heteroatoms. The molecule has 42 heavy (non-hydrogen) atoms. The Balaban J connectivity index is 2.15. The largest absolute Gasteiger partial charge is 0.497 e. The Morgan fingerprint density at radius 2 is 1.57 bits per heavy atom. The van der Waals surface area contributed by atoms with E-state index in [-0.39, 0.29) is 30.4 Å². The zero-order valence-corrected chi connectivity index (χ0v) is 26.5. The van der Waals surface area contributed by atoms with Crippen LogP contribution in [0.5, 0.6) is 11.5 Å². The predicted molar refractivity (Wildman–Crippen MR) is 166 cm³/mol. The average molecular weight is 637 g/mol. The van der Waals surface area contributed by atoms with E-state index in [2.05, 4.69) is 5.32 Å². The van der Waals surface area contributed by atoms with Gasteiger partial charge in [0.25, 0.3) is 0 Å². The lowest BCUT2D eigenvalue weighted by Gasteiger charge is -2.34. The second kappa shape index (κ2) is 14.6. The molecule has 0 heterocycles. The van der Waals surface area contributed by atoms with E-state index >= 15 is 0 Å². The van der Waals surface area contributed by atoms with Gasteiger partial charge in [-0.15, -0.1) is 0 Å². The number of hydrogen-bond acceptors (Lipinski definition) is 6. The van der Waals surface area contributed by atoms with Crippen molar-refractivity contribution in [1.29, 1.82) is 0 Å². The zero-order valence-electron chi connectivity index (χ0n) is 24.1. The number of halogens is 2. The van der Waals surface area contributed by atoms with Gasteiger partial charge in [0.2, 0.25) is 21.8 Å². The van der Waals surface area contributed by atoms with Crippen molar-refractivity contribution in [2.75, 3.05) is 31.3 Å². The summed E-state index contributed by atoms with van der Waals surface area (Å²) in [7, 11) is -1.18. The molecule has 0 aromatic heterocycles. The SMILES string of the molecule is COc1ccc(OC)c(N(CC(=O)N(Cc2c(Cl)cccc2Cl)[C@H](Cc2ccccc2)C(=O)NC(C)C)S(C)(=O)=O)c1. The van der Waals surface area contributed by atoms with Crippen LogP contribution in [0.15, 0.2) is 66.7 Å². The summed E-state index contributed by atoms with van der Waals surface area (Å²) in [5, 5.41) is 3.50. The van der Waals surface area contributed by atoms with Gasteiger partial charge in [-0.25, -0.2) is 8.42 Å². The lowest BCUT2D eigenvalue weighted by atomic mass is 10.0. The van der Waals surface area contributed by atoms with Gasteiger partial charge in [0.15, 0.2) is 0 Å². The lowest BCUT2D eigenvalue weighted by Crippen LogP contribution is -2.54. The number of hydrogen-bond donors (Lipinski definition) is 1. The van der Waals surface area contributed by atoms with Crippen LogP contribution in [0.1, 0.15) is 25.0 Å². The molecule has 1 atom stereocenters. The first-order valence-corrected chi connectivity index (χ1v) is 15.7. The summed E-state index contributed by atoms with van der Waals surface area (Å²) in [5.74, 6) is -0.477. The number of ether oxygens (including phenoxy) is 2. The van der Waals surface area contributed by atoms with Crippen molar-refractivity contribution in [2.45, 2.75) is 38.9 Å². The van der Waals surface area contributed by atoms with Crippen molar-refractivity contribution in [2.24, 2.45) is 0 Å². The molecule has 0 fully saturated rings. The van der Waals surface area contributed by atoms with E-state index in [4.69, 9.17) is 32.7 Å². The number of methoxy groups -OCH3 is 2. The van der Waals surface area contributed by atoms with Crippen LogP contribution in [0.2, 0.25) is 10.0 Å². The van der Waals surface area contributed by atoms with Crippen LogP contribution in [0, 0.1) is 0 Å². The molecule has 3 rings (SSSR count). The minimum Gasteiger partial charge on any atom is -0.497 e. The fourth-order valence-corrected chi connectivity index (χ4v) is 5.74. The maximum atomic E-state index is 14.3. The molecule has 226 valence electrons. The Labute approximate surface area is 257 Å². The Morgan fingerprint density at radius 3 is 2.12 bits per heavy atom. The van der Waals surface area contributed by atoms with Crippen LogP contribution < -0.4 is 19.1 Å². The molecule has 0 saturated heterocycles. The summed E-state index contributed by atoms with van der Waals surface area (Å²) in [4.78, 5) is 29.2. The molecular formula is C30H35Cl2N3O6S. The fourth-order valence-electron chi connectivity index (χ4n) is 4.37. The third-order valence-electron chi connectivity index (χ3n) is 6.43. The van der Waals surface area contributed by atoms with Gasteiger partial charge in [-0.05, 0) is 43.7 Å². The van der Waals surface area contributed by atoms with Crippen LogP contribution in [0.3, 0.4) is 0 Å². The summed E-state index contributed by atoms with van der Waals surface area (Å²) in [5.41, 5.74) is 1.34. The third-order valence-corrected chi connectivity index (χ3v) is 8.26. The minimum absolute atomic E-state index is 0.106. The van der Waals surface area contributed by atoms with Gasteiger partial charge >= 0.3 is 0 Å². The van der Waals surface area contributed by atoms with Gasteiger partial charge in [0.05, 0.1) is 26.2 Å². The van der Waals surface area contributed by atoms with E-state index in [0.717, 1.165) is 16.1 Å². The van der Waals surface area contributed by atoms with Gasteiger partial charge in [-0.3, -0.25) is 13.9 Å². The Hall–Kier alpha value is -3.47. The normalized spacial score (nSPS) is 12.0. The molecule has 9 nitrogen and oxygen atoms in total. The van der Waals surface area contributed by atoms with Gasteiger partial charge in [0.1, 0.15) is 24.1 Å². The Morgan fingerprint density at radius 1 is 0.929 bits per heavy atom. The first-order chi connectivity index (χ1) is 19.8. The molecule has 0 unspecified atom stereocenters. The second-order valence-electron chi connectivity index (χ2n) is 9.90. The van der Waals surface area contributed by atoms with Gasteiger partial charge in [-0.2, -0.15) is 0 Å². The monoisotopic (exact) mass is 635 g/mol. The highest BCUT2D eigenvalue weighted by Gasteiger charge is 2.34. The lowest BCUT2D eigenvalue weighted by molar-refractivity contribution is -0.140. The zero-order chi connectivity index (χ0) is 31.0. The number of amides is 2. The van der Waals surface area contributed by atoms with Crippen LogP contribution in [-0.2, 0) is 32.6 Å². The molecule has 0 radical (unpaired) electrons. The van der Waals surface area contributed by atoms with Gasteiger partial charge < -0.3 is 19.7 Å². The molecule has 0 saturated carbocycles.